The largest absolute Gasteiger partial charge is 0.373 e. The van der Waals surface area contributed by atoms with Gasteiger partial charge in [0.05, 0.1) is 11.4 Å². The van der Waals surface area contributed by atoms with Crippen LogP contribution in [-0.2, 0) is 0 Å². The van der Waals surface area contributed by atoms with Crippen LogP contribution in [0.4, 0.5) is 26.4 Å². The van der Waals surface area contributed by atoms with E-state index in [0.717, 1.165) is 30.2 Å². The molecule has 2 aliphatic heterocycles. The second kappa shape index (κ2) is 7.38. The molecule has 1 aromatic carbocycles. The fourth-order valence-corrected chi connectivity index (χ4v) is 3.70. The minimum atomic E-state index is -0.285. The van der Waals surface area contributed by atoms with E-state index in [1.54, 1.807) is 17.2 Å². The van der Waals surface area contributed by atoms with Crippen LogP contribution in [0.5, 0.6) is 0 Å². The number of carbonyl (C=O) groups excluding carboxylic acids is 1. The first-order valence-electron chi connectivity index (χ1n) is 9.23. The van der Waals surface area contributed by atoms with E-state index < -0.39 is 0 Å². The number of benzene rings is 1. The van der Waals surface area contributed by atoms with Gasteiger partial charge in [-0.15, -0.1) is 5.10 Å². The van der Waals surface area contributed by atoms with Crippen molar-refractivity contribution in [2.75, 3.05) is 61.0 Å². The Labute approximate surface area is 158 Å². The molecule has 1 saturated heterocycles. The van der Waals surface area contributed by atoms with Gasteiger partial charge in [-0.2, -0.15) is 5.10 Å². The summed E-state index contributed by atoms with van der Waals surface area (Å²) < 4.78 is 13.7. The topological polar surface area (TPSA) is 55.8 Å². The number of piperazine rings is 1. The summed E-state index contributed by atoms with van der Waals surface area (Å²) in [5.74, 6) is 0.550. The lowest BCUT2D eigenvalue weighted by molar-refractivity contribution is 0.201. The molecule has 1 aromatic heterocycles. The van der Waals surface area contributed by atoms with E-state index in [1.165, 1.54) is 12.1 Å². The number of aromatic nitrogens is 2. The monoisotopic (exact) mass is 370 g/mol. The predicted octanol–water partition coefficient (Wildman–Crippen LogP) is 2.20. The molecular weight excluding hydrogens is 347 g/mol. The van der Waals surface area contributed by atoms with Gasteiger partial charge in [-0.3, -0.25) is 4.90 Å². The van der Waals surface area contributed by atoms with Gasteiger partial charge in [0.25, 0.3) is 0 Å². The zero-order chi connectivity index (χ0) is 18.8. The first-order valence-corrected chi connectivity index (χ1v) is 9.23. The van der Waals surface area contributed by atoms with Crippen LogP contribution < -0.4 is 14.7 Å². The van der Waals surface area contributed by atoms with Crippen molar-refractivity contribution in [3.63, 3.8) is 0 Å². The highest BCUT2D eigenvalue weighted by Crippen LogP contribution is 2.33. The van der Waals surface area contributed by atoms with Gasteiger partial charge in [-0.25, -0.2) is 9.18 Å². The standard InChI is InChI=1S/C19H23FN6O/c1-23-8-3-9-26(16-6-5-15(20)14-17(16)23)19(27)25-12-10-24(11-13-25)18-4-2-7-21-22-18/h2,4-7,14H,3,8-13H2,1H3. The Morgan fingerprint density at radius 1 is 1.04 bits per heavy atom. The molecule has 0 unspecified atom stereocenters. The highest BCUT2D eigenvalue weighted by Gasteiger charge is 2.29. The SMILES string of the molecule is CN1CCCN(C(=O)N2CCN(c3cccnn3)CC2)c2ccc(F)cc21. The molecule has 7 nitrogen and oxygen atoms in total. The molecule has 0 bridgehead atoms. The van der Waals surface area contributed by atoms with E-state index in [2.05, 4.69) is 15.1 Å². The van der Waals surface area contributed by atoms with Gasteiger partial charge in [0.15, 0.2) is 5.82 Å². The van der Waals surface area contributed by atoms with Crippen LogP contribution in [0.15, 0.2) is 36.5 Å². The van der Waals surface area contributed by atoms with Crippen molar-refractivity contribution in [3.05, 3.63) is 42.3 Å². The van der Waals surface area contributed by atoms with Gasteiger partial charge in [0.1, 0.15) is 5.82 Å². The van der Waals surface area contributed by atoms with Crippen LogP contribution in [0, 0.1) is 5.82 Å². The Morgan fingerprint density at radius 3 is 2.59 bits per heavy atom. The van der Waals surface area contributed by atoms with Crippen molar-refractivity contribution in [2.24, 2.45) is 0 Å². The van der Waals surface area contributed by atoms with Crippen LogP contribution in [0.2, 0.25) is 0 Å². The molecule has 2 aliphatic rings. The number of halogens is 1. The van der Waals surface area contributed by atoms with Crippen LogP contribution in [-0.4, -0.2) is 67.4 Å². The van der Waals surface area contributed by atoms with Crippen molar-refractivity contribution in [3.8, 4) is 0 Å². The van der Waals surface area contributed by atoms with Crippen LogP contribution in [0.1, 0.15) is 6.42 Å². The van der Waals surface area contributed by atoms with E-state index in [9.17, 15) is 9.18 Å². The third kappa shape index (κ3) is 3.51. The third-order valence-corrected chi connectivity index (χ3v) is 5.18. The molecule has 3 heterocycles. The number of carbonyl (C=O) groups is 1. The quantitative estimate of drug-likeness (QED) is 0.770. The second-order valence-corrected chi connectivity index (χ2v) is 6.90. The Bertz CT molecular complexity index is 809. The zero-order valence-corrected chi connectivity index (χ0v) is 15.4. The van der Waals surface area contributed by atoms with Crippen molar-refractivity contribution < 1.29 is 9.18 Å². The van der Waals surface area contributed by atoms with Crippen LogP contribution in [0.25, 0.3) is 0 Å². The lowest BCUT2D eigenvalue weighted by Crippen LogP contribution is -2.53. The molecule has 0 saturated carbocycles. The van der Waals surface area contributed by atoms with E-state index >= 15 is 0 Å². The zero-order valence-electron chi connectivity index (χ0n) is 15.4. The van der Waals surface area contributed by atoms with Gasteiger partial charge in [-0.05, 0) is 36.8 Å². The molecule has 0 spiro atoms. The summed E-state index contributed by atoms with van der Waals surface area (Å²) in [5, 5.41) is 8.06. The minimum absolute atomic E-state index is 0.0167. The summed E-state index contributed by atoms with van der Waals surface area (Å²) in [4.78, 5) is 21.0. The molecular formula is C19H23FN6O. The predicted molar refractivity (Wildman–Crippen MR) is 103 cm³/mol. The summed E-state index contributed by atoms with van der Waals surface area (Å²) in [6.45, 7) is 4.10. The molecule has 1 fully saturated rings. The number of hydrogen-bond acceptors (Lipinski definition) is 5. The highest BCUT2D eigenvalue weighted by atomic mass is 19.1. The molecule has 0 radical (unpaired) electrons. The Morgan fingerprint density at radius 2 is 1.85 bits per heavy atom. The summed E-state index contributed by atoms with van der Waals surface area (Å²) in [6.07, 6.45) is 2.50. The number of fused-ring (bicyclic) bond motifs is 1. The smallest absolute Gasteiger partial charge is 0.324 e. The molecule has 27 heavy (non-hydrogen) atoms. The Balaban J connectivity index is 1.49. The first kappa shape index (κ1) is 17.5. The fraction of sp³-hybridized carbons (Fsp3) is 0.421. The molecule has 0 atom stereocenters. The van der Waals surface area contributed by atoms with E-state index in [-0.39, 0.29) is 11.8 Å². The lowest BCUT2D eigenvalue weighted by Gasteiger charge is -2.37. The Hall–Kier alpha value is -2.90. The molecule has 0 N–H and O–H groups in total. The molecule has 0 aliphatic carbocycles. The molecule has 142 valence electrons. The average molecular weight is 370 g/mol. The van der Waals surface area contributed by atoms with E-state index in [0.29, 0.717) is 32.7 Å². The summed E-state index contributed by atoms with van der Waals surface area (Å²) in [7, 11) is 1.94. The molecule has 2 amide bonds. The van der Waals surface area contributed by atoms with Crippen LogP contribution >= 0.6 is 0 Å². The number of amides is 2. The normalized spacial score (nSPS) is 17.6. The van der Waals surface area contributed by atoms with E-state index in [1.807, 2.05) is 29.0 Å². The number of urea groups is 1. The van der Waals surface area contributed by atoms with Gasteiger partial charge >= 0.3 is 6.03 Å². The molecule has 4 rings (SSSR count). The number of hydrogen-bond donors (Lipinski definition) is 0. The maximum Gasteiger partial charge on any atom is 0.324 e. The van der Waals surface area contributed by atoms with Crippen molar-refractivity contribution >= 4 is 23.2 Å². The molecule has 8 heteroatoms. The minimum Gasteiger partial charge on any atom is -0.373 e. The van der Waals surface area contributed by atoms with Crippen molar-refractivity contribution in [1.29, 1.82) is 0 Å². The number of nitrogens with zero attached hydrogens (tertiary/aromatic N) is 6. The first-order chi connectivity index (χ1) is 13.1. The maximum absolute atomic E-state index is 13.7. The van der Waals surface area contributed by atoms with Crippen molar-refractivity contribution in [2.45, 2.75) is 6.42 Å². The maximum atomic E-state index is 13.7. The Kier molecular flexibility index (Phi) is 4.79. The molecule has 2 aromatic rings. The summed E-state index contributed by atoms with van der Waals surface area (Å²) >= 11 is 0. The number of rotatable bonds is 1. The van der Waals surface area contributed by atoms with Gasteiger partial charge < -0.3 is 14.7 Å². The van der Waals surface area contributed by atoms with Gasteiger partial charge in [0, 0.05) is 52.5 Å². The third-order valence-electron chi connectivity index (χ3n) is 5.18. The van der Waals surface area contributed by atoms with Crippen LogP contribution in [0.3, 0.4) is 0 Å². The summed E-state index contributed by atoms with van der Waals surface area (Å²) in [6, 6.07) is 8.41. The van der Waals surface area contributed by atoms with E-state index in [4.69, 9.17) is 0 Å². The average Bonchev–Trinajstić information content (AvgIpc) is 2.87. The number of anilines is 3. The second-order valence-electron chi connectivity index (χ2n) is 6.90. The van der Waals surface area contributed by atoms with Crippen molar-refractivity contribution in [1.82, 2.24) is 15.1 Å². The van der Waals surface area contributed by atoms with Gasteiger partial charge in [-0.1, -0.05) is 0 Å². The summed E-state index contributed by atoms with van der Waals surface area (Å²) in [5.41, 5.74) is 1.54. The highest BCUT2D eigenvalue weighted by molar-refractivity contribution is 5.96. The lowest BCUT2D eigenvalue weighted by atomic mass is 10.2. The fourth-order valence-electron chi connectivity index (χ4n) is 3.70. The van der Waals surface area contributed by atoms with Gasteiger partial charge in [0.2, 0.25) is 0 Å².